The van der Waals surface area contributed by atoms with Gasteiger partial charge in [0.15, 0.2) is 0 Å². The second-order valence-electron chi connectivity index (χ2n) is 5.92. The van der Waals surface area contributed by atoms with E-state index in [1.807, 2.05) is 13.8 Å². The Bertz CT molecular complexity index is 542. The Balaban J connectivity index is 2.20. The van der Waals surface area contributed by atoms with Crippen LogP contribution in [-0.4, -0.2) is 29.5 Å². The van der Waals surface area contributed by atoms with E-state index in [1.54, 1.807) is 6.07 Å². The molecule has 116 valence electrons. The number of hydrogen-bond donors (Lipinski definition) is 2. The maximum absolute atomic E-state index is 13.0. The van der Waals surface area contributed by atoms with Crippen molar-refractivity contribution in [1.29, 1.82) is 0 Å². The molecular weight excluding hydrogens is 278 g/mol. The molecule has 2 N–H and O–H groups in total. The third-order valence-corrected chi connectivity index (χ3v) is 5.02. The number of alkyl halides is 2. The number of nitrogens with one attached hydrogen (secondary N) is 1. The molecule has 0 radical (unpaired) electrons. The van der Waals surface area contributed by atoms with Crippen molar-refractivity contribution in [1.82, 2.24) is 10.3 Å². The Labute approximate surface area is 122 Å². The summed E-state index contributed by atoms with van der Waals surface area (Å²) in [6.07, 6.45) is -2.17. The third kappa shape index (κ3) is 1.93. The van der Waals surface area contributed by atoms with Crippen molar-refractivity contribution >= 4 is 0 Å². The van der Waals surface area contributed by atoms with Gasteiger partial charge >= 0.3 is 0 Å². The zero-order chi connectivity index (χ0) is 15.3. The minimum atomic E-state index is -2.61. The fraction of sp³-hybridized carbons (Fsp3) is 0.667. The lowest BCUT2D eigenvalue weighted by atomic mass is 9.67. The molecule has 3 rings (SSSR count). The number of aromatic nitrogens is 1. The largest absolute Gasteiger partial charge is 0.378 e. The van der Waals surface area contributed by atoms with Crippen molar-refractivity contribution in [3.8, 4) is 0 Å². The van der Waals surface area contributed by atoms with E-state index in [9.17, 15) is 13.9 Å². The lowest BCUT2D eigenvalue weighted by Crippen LogP contribution is -2.68. The molecule has 1 atom stereocenters. The first kappa shape index (κ1) is 14.8. The van der Waals surface area contributed by atoms with Crippen molar-refractivity contribution in [3.63, 3.8) is 0 Å². The van der Waals surface area contributed by atoms with Crippen LogP contribution in [0.2, 0.25) is 0 Å². The summed E-state index contributed by atoms with van der Waals surface area (Å²) in [6, 6.07) is 3.09. The lowest BCUT2D eigenvalue weighted by Gasteiger charge is -2.54. The van der Waals surface area contributed by atoms with E-state index >= 15 is 0 Å². The molecular formula is C15H20F2N2O2. The quantitative estimate of drug-likeness (QED) is 0.898. The smallest absolute Gasteiger partial charge is 0.280 e. The molecule has 1 aromatic heterocycles. The highest BCUT2D eigenvalue weighted by atomic mass is 19.3. The summed E-state index contributed by atoms with van der Waals surface area (Å²) in [6.45, 7) is 4.75. The van der Waals surface area contributed by atoms with E-state index in [4.69, 9.17) is 4.74 Å². The predicted octanol–water partition coefficient (Wildman–Crippen LogP) is 2.22. The van der Waals surface area contributed by atoms with E-state index in [1.165, 1.54) is 6.07 Å². The molecule has 2 aliphatic heterocycles. The van der Waals surface area contributed by atoms with Gasteiger partial charge in [0.05, 0.1) is 29.9 Å². The summed E-state index contributed by atoms with van der Waals surface area (Å²) < 4.78 is 31.3. The maximum atomic E-state index is 13.0. The number of aliphatic hydroxyl groups is 1. The van der Waals surface area contributed by atoms with Crippen molar-refractivity contribution in [2.45, 2.75) is 50.3 Å². The molecule has 21 heavy (non-hydrogen) atoms. The molecule has 4 nitrogen and oxygen atoms in total. The van der Waals surface area contributed by atoms with Crippen LogP contribution in [0.25, 0.3) is 0 Å². The van der Waals surface area contributed by atoms with Gasteiger partial charge in [-0.05, 0) is 24.5 Å². The summed E-state index contributed by atoms with van der Waals surface area (Å²) in [5.41, 5.74) is 0.119. The van der Waals surface area contributed by atoms with Gasteiger partial charge < -0.3 is 9.84 Å². The van der Waals surface area contributed by atoms with Crippen LogP contribution in [-0.2, 0) is 15.7 Å². The van der Waals surface area contributed by atoms with Gasteiger partial charge in [0.1, 0.15) is 11.9 Å². The number of hydrogen-bond acceptors (Lipinski definition) is 4. The molecule has 1 fully saturated rings. The molecule has 0 aromatic carbocycles. The number of rotatable bonds is 3. The predicted molar refractivity (Wildman–Crippen MR) is 73.1 cm³/mol. The molecule has 3 heterocycles. The Morgan fingerprint density at radius 1 is 1.38 bits per heavy atom. The molecule has 2 aliphatic rings. The number of ether oxygens (including phenoxy) is 1. The molecule has 0 amide bonds. The van der Waals surface area contributed by atoms with Gasteiger partial charge in [0, 0.05) is 0 Å². The Morgan fingerprint density at radius 2 is 2.05 bits per heavy atom. The van der Waals surface area contributed by atoms with E-state index < -0.39 is 23.6 Å². The first-order chi connectivity index (χ1) is 9.99. The first-order valence-corrected chi connectivity index (χ1v) is 7.32. The summed E-state index contributed by atoms with van der Waals surface area (Å²) in [4.78, 5) is 4.23. The Hall–Kier alpha value is -1.11. The monoisotopic (exact) mass is 298 g/mol. The van der Waals surface area contributed by atoms with E-state index in [0.717, 1.165) is 5.56 Å². The first-order valence-electron chi connectivity index (χ1n) is 7.32. The third-order valence-electron chi connectivity index (χ3n) is 5.02. The molecule has 0 aliphatic carbocycles. The zero-order valence-corrected chi connectivity index (χ0v) is 12.2. The standard InChI is InChI=1S/C15H20F2N2O2/c1-3-14(4-2)11-9(5-6-10(18-11)12(16)17)15(7-21-8-15)19-13(14)20/h5-6,12-13,19-20H,3-4,7-8H2,1-2H3. The van der Waals surface area contributed by atoms with E-state index in [2.05, 4.69) is 10.3 Å². The average molecular weight is 298 g/mol. The van der Waals surface area contributed by atoms with Crippen LogP contribution in [0, 0.1) is 0 Å². The summed E-state index contributed by atoms with van der Waals surface area (Å²) in [7, 11) is 0. The van der Waals surface area contributed by atoms with Gasteiger partial charge in [0.2, 0.25) is 0 Å². The van der Waals surface area contributed by atoms with E-state index in [-0.39, 0.29) is 5.69 Å². The SMILES string of the molecule is CCC1(CC)c2nc(C(F)F)ccc2C2(COC2)NC1O. The van der Waals surface area contributed by atoms with Gasteiger partial charge in [-0.2, -0.15) is 0 Å². The van der Waals surface area contributed by atoms with Crippen molar-refractivity contribution in [3.05, 3.63) is 29.1 Å². The van der Waals surface area contributed by atoms with Gasteiger partial charge in [0.25, 0.3) is 6.43 Å². The number of nitrogens with zero attached hydrogens (tertiary/aromatic N) is 1. The minimum absolute atomic E-state index is 0.232. The van der Waals surface area contributed by atoms with Gasteiger partial charge in [-0.3, -0.25) is 10.3 Å². The Kier molecular flexibility index (Phi) is 3.50. The summed E-state index contributed by atoms with van der Waals surface area (Å²) in [5.74, 6) is 0. The average Bonchev–Trinajstić information content (AvgIpc) is 2.44. The van der Waals surface area contributed by atoms with E-state index in [0.29, 0.717) is 31.7 Å². The number of fused-ring (bicyclic) bond motifs is 2. The van der Waals surface area contributed by atoms with Crippen LogP contribution in [0.5, 0.6) is 0 Å². The highest BCUT2D eigenvalue weighted by Gasteiger charge is 2.54. The van der Waals surface area contributed by atoms with Crippen LogP contribution >= 0.6 is 0 Å². The van der Waals surface area contributed by atoms with Gasteiger partial charge in [-0.1, -0.05) is 19.9 Å². The second-order valence-corrected chi connectivity index (χ2v) is 5.92. The highest BCUT2D eigenvalue weighted by molar-refractivity contribution is 5.41. The number of pyridine rings is 1. The highest BCUT2D eigenvalue weighted by Crippen LogP contribution is 2.46. The molecule has 1 aromatic rings. The van der Waals surface area contributed by atoms with Crippen molar-refractivity contribution in [2.75, 3.05) is 13.2 Å². The normalized spacial score (nSPS) is 25.7. The van der Waals surface area contributed by atoms with Crippen LogP contribution < -0.4 is 5.32 Å². The molecule has 6 heteroatoms. The lowest BCUT2D eigenvalue weighted by molar-refractivity contribution is -0.127. The number of halogens is 2. The molecule has 1 saturated heterocycles. The minimum Gasteiger partial charge on any atom is -0.378 e. The van der Waals surface area contributed by atoms with Crippen molar-refractivity contribution in [2.24, 2.45) is 0 Å². The van der Waals surface area contributed by atoms with Crippen LogP contribution in [0.1, 0.15) is 50.1 Å². The van der Waals surface area contributed by atoms with Gasteiger partial charge in [-0.25, -0.2) is 8.78 Å². The Morgan fingerprint density at radius 3 is 2.52 bits per heavy atom. The maximum Gasteiger partial charge on any atom is 0.280 e. The van der Waals surface area contributed by atoms with Crippen LogP contribution in [0.3, 0.4) is 0 Å². The molecule has 0 bridgehead atoms. The topological polar surface area (TPSA) is 54.4 Å². The zero-order valence-electron chi connectivity index (χ0n) is 12.2. The molecule has 1 unspecified atom stereocenters. The summed E-state index contributed by atoms with van der Waals surface area (Å²) in [5, 5.41) is 13.8. The molecule has 0 saturated carbocycles. The van der Waals surface area contributed by atoms with Crippen molar-refractivity contribution < 1.29 is 18.6 Å². The summed E-state index contributed by atoms with van der Waals surface area (Å²) >= 11 is 0. The second kappa shape index (κ2) is 4.97. The number of aliphatic hydroxyl groups excluding tert-OH is 1. The van der Waals surface area contributed by atoms with Crippen LogP contribution in [0.4, 0.5) is 8.78 Å². The fourth-order valence-electron chi connectivity index (χ4n) is 3.49. The molecule has 1 spiro atoms. The fourth-order valence-corrected chi connectivity index (χ4v) is 3.49. The van der Waals surface area contributed by atoms with Crippen LogP contribution in [0.15, 0.2) is 12.1 Å². The van der Waals surface area contributed by atoms with Gasteiger partial charge in [-0.15, -0.1) is 0 Å².